The predicted octanol–water partition coefficient (Wildman–Crippen LogP) is 3.95. The second-order valence-corrected chi connectivity index (χ2v) is 4.67. The van der Waals surface area contributed by atoms with E-state index in [1.54, 1.807) is 10.9 Å². The summed E-state index contributed by atoms with van der Waals surface area (Å²) in [6.45, 7) is 0.653. The molecule has 106 valence electrons. The molecule has 5 heteroatoms. The summed E-state index contributed by atoms with van der Waals surface area (Å²) in [5, 5.41) is 7.22. The van der Waals surface area contributed by atoms with Gasteiger partial charge in [-0.05, 0) is 17.7 Å². The third-order valence-electron chi connectivity index (χ3n) is 3.03. The molecule has 0 saturated heterocycles. The van der Waals surface area contributed by atoms with Crippen molar-refractivity contribution in [2.45, 2.75) is 6.54 Å². The number of rotatable bonds is 4. The highest BCUT2D eigenvalue weighted by molar-refractivity contribution is 5.57. The van der Waals surface area contributed by atoms with Crippen LogP contribution in [0.4, 0.5) is 20.2 Å². The van der Waals surface area contributed by atoms with Gasteiger partial charge in [0.05, 0.1) is 18.4 Å². The monoisotopic (exact) mass is 285 g/mol. The zero-order chi connectivity index (χ0) is 14.7. The molecule has 0 aliphatic carbocycles. The molecule has 0 spiro atoms. The SMILES string of the molecule is Fc1ccc(Nc2cnn(Cc3ccccc3)c2)cc1F. The zero-order valence-corrected chi connectivity index (χ0v) is 11.1. The van der Waals surface area contributed by atoms with Crippen molar-refractivity contribution in [1.82, 2.24) is 9.78 Å². The lowest BCUT2D eigenvalue weighted by Gasteiger charge is -2.04. The van der Waals surface area contributed by atoms with Crippen molar-refractivity contribution < 1.29 is 8.78 Å². The van der Waals surface area contributed by atoms with Crippen LogP contribution < -0.4 is 5.32 Å². The van der Waals surface area contributed by atoms with E-state index in [0.29, 0.717) is 12.2 Å². The van der Waals surface area contributed by atoms with Crippen molar-refractivity contribution in [3.05, 3.63) is 78.1 Å². The van der Waals surface area contributed by atoms with Crippen molar-refractivity contribution in [3.8, 4) is 0 Å². The third-order valence-corrected chi connectivity index (χ3v) is 3.03. The van der Waals surface area contributed by atoms with E-state index in [1.165, 1.54) is 6.07 Å². The Morgan fingerprint density at radius 2 is 1.76 bits per heavy atom. The first kappa shape index (κ1) is 13.3. The summed E-state index contributed by atoms with van der Waals surface area (Å²) in [5.41, 5.74) is 2.34. The highest BCUT2D eigenvalue weighted by Crippen LogP contribution is 2.18. The molecular formula is C16H13F2N3. The first-order valence-corrected chi connectivity index (χ1v) is 6.49. The maximum atomic E-state index is 13.1. The highest BCUT2D eigenvalue weighted by Gasteiger charge is 2.04. The van der Waals surface area contributed by atoms with E-state index >= 15 is 0 Å². The Bertz CT molecular complexity index is 738. The van der Waals surface area contributed by atoms with E-state index in [-0.39, 0.29) is 0 Å². The summed E-state index contributed by atoms with van der Waals surface area (Å²) in [7, 11) is 0. The molecule has 0 bridgehead atoms. The van der Waals surface area contributed by atoms with Gasteiger partial charge in [0.25, 0.3) is 0 Å². The van der Waals surface area contributed by atoms with Gasteiger partial charge in [-0.15, -0.1) is 0 Å². The van der Waals surface area contributed by atoms with Crippen LogP contribution in [-0.4, -0.2) is 9.78 Å². The molecule has 1 aromatic heterocycles. The maximum Gasteiger partial charge on any atom is 0.160 e. The molecule has 3 aromatic rings. The van der Waals surface area contributed by atoms with Gasteiger partial charge in [0.1, 0.15) is 0 Å². The minimum atomic E-state index is -0.878. The summed E-state index contributed by atoms with van der Waals surface area (Å²) in [6, 6.07) is 13.6. The van der Waals surface area contributed by atoms with E-state index in [1.807, 2.05) is 36.5 Å². The van der Waals surface area contributed by atoms with Gasteiger partial charge in [0.15, 0.2) is 11.6 Å². The molecule has 3 nitrogen and oxygen atoms in total. The van der Waals surface area contributed by atoms with Gasteiger partial charge in [0.2, 0.25) is 0 Å². The summed E-state index contributed by atoms with van der Waals surface area (Å²) in [5.74, 6) is -1.74. The Morgan fingerprint density at radius 3 is 2.52 bits per heavy atom. The van der Waals surface area contributed by atoms with Gasteiger partial charge in [-0.25, -0.2) is 8.78 Å². The van der Waals surface area contributed by atoms with Crippen LogP contribution in [0.15, 0.2) is 60.9 Å². The first-order chi connectivity index (χ1) is 10.2. The summed E-state index contributed by atoms with van der Waals surface area (Å²) < 4.78 is 27.8. The van der Waals surface area contributed by atoms with E-state index in [2.05, 4.69) is 10.4 Å². The van der Waals surface area contributed by atoms with Crippen molar-refractivity contribution in [1.29, 1.82) is 0 Å². The lowest BCUT2D eigenvalue weighted by atomic mass is 10.2. The van der Waals surface area contributed by atoms with Crippen LogP contribution in [0.1, 0.15) is 5.56 Å². The van der Waals surface area contributed by atoms with Crippen LogP contribution in [-0.2, 0) is 6.54 Å². The van der Waals surface area contributed by atoms with Gasteiger partial charge in [-0.3, -0.25) is 4.68 Å². The molecule has 0 unspecified atom stereocenters. The molecule has 0 atom stereocenters. The lowest BCUT2D eigenvalue weighted by Crippen LogP contribution is -1.99. The van der Waals surface area contributed by atoms with E-state index in [4.69, 9.17) is 0 Å². The third kappa shape index (κ3) is 3.25. The Labute approximate surface area is 120 Å². The molecule has 0 radical (unpaired) electrons. The fourth-order valence-electron chi connectivity index (χ4n) is 2.03. The summed E-state index contributed by atoms with van der Waals surface area (Å²) in [4.78, 5) is 0. The summed E-state index contributed by atoms with van der Waals surface area (Å²) in [6.07, 6.45) is 3.46. The number of hydrogen-bond acceptors (Lipinski definition) is 2. The molecule has 2 aromatic carbocycles. The standard InChI is InChI=1S/C16H13F2N3/c17-15-7-6-13(8-16(15)18)20-14-9-19-21(11-14)10-12-4-2-1-3-5-12/h1-9,11,20H,10H2. The van der Waals surface area contributed by atoms with Crippen LogP contribution in [0.5, 0.6) is 0 Å². The molecule has 0 aliphatic heterocycles. The second kappa shape index (κ2) is 5.75. The van der Waals surface area contributed by atoms with Crippen molar-refractivity contribution in [2.24, 2.45) is 0 Å². The Balaban J connectivity index is 1.71. The van der Waals surface area contributed by atoms with Gasteiger partial charge in [-0.2, -0.15) is 5.10 Å². The molecule has 0 fully saturated rings. The average molecular weight is 285 g/mol. The van der Waals surface area contributed by atoms with E-state index < -0.39 is 11.6 Å². The van der Waals surface area contributed by atoms with Crippen molar-refractivity contribution >= 4 is 11.4 Å². The first-order valence-electron chi connectivity index (χ1n) is 6.49. The van der Waals surface area contributed by atoms with Gasteiger partial charge in [-0.1, -0.05) is 30.3 Å². The van der Waals surface area contributed by atoms with Crippen LogP contribution in [0.3, 0.4) is 0 Å². The molecule has 21 heavy (non-hydrogen) atoms. The molecular weight excluding hydrogens is 272 g/mol. The topological polar surface area (TPSA) is 29.9 Å². The fraction of sp³-hybridized carbons (Fsp3) is 0.0625. The minimum Gasteiger partial charge on any atom is -0.353 e. The van der Waals surface area contributed by atoms with Crippen LogP contribution in [0, 0.1) is 11.6 Å². The predicted molar refractivity (Wildman–Crippen MR) is 77.4 cm³/mol. The Kier molecular flexibility index (Phi) is 3.64. The number of benzene rings is 2. The van der Waals surface area contributed by atoms with Crippen LogP contribution >= 0.6 is 0 Å². The minimum absolute atomic E-state index is 0.480. The van der Waals surface area contributed by atoms with Crippen molar-refractivity contribution in [2.75, 3.05) is 5.32 Å². The molecule has 0 aliphatic rings. The quantitative estimate of drug-likeness (QED) is 0.786. The normalized spacial score (nSPS) is 10.6. The number of halogens is 2. The number of nitrogens with one attached hydrogen (secondary N) is 1. The zero-order valence-electron chi connectivity index (χ0n) is 11.1. The Hall–Kier alpha value is -2.69. The highest BCUT2D eigenvalue weighted by atomic mass is 19.2. The molecule has 3 rings (SSSR count). The number of aromatic nitrogens is 2. The lowest BCUT2D eigenvalue weighted by molar-refractivity contribution is 0.509. The smallest absolute Gasteiger partial charge is 0.160 e. The Morgan fingerprint density at radius 1 is 0.952 bits per heavy atom. The molecule has 0 amide bonds. The van der Waals surface area contributed by atoms with E-state index in [9.17, 15) is 8.78 Å². The fourth-order valence-corrected chi connectivity index (χ4v) is 2.03. The molecule has 0 saturated carbocycles. The molecule has 1 N–H and O–H groups in total. The summed E-state index contributed by atoms with van der Waals surface area (Å²) >= 11 is 0. The number of nitrogens with zero attached hydrogens (tertiary/aromatic N) is 2. The number of hydrogen-bond donors (Lipinski definition) is 1. The van der Waals surface area contributed by atoms with Gasteiger partial charge < -0.3 is 5.32 Å². The second-order valence-electron chi connectivity index (χ2n) is 4.67. The van der Waals surface area contributed by atoms with Crippen molar-refractivity contribution in [3.63, 3.8) is 0 Å². The van der Waals surface area contributed by atoms with Gasteiger partial charge >= 0.3 is 0 Å². The van der Waals surface area contributed by atoms with E-state index in [0.717, 1.165) is 23.4 Å². The average Bonchev–Trinajstić information content (AvgIpc) is 2.91. The van der Waals surface area contributed by atoms with Gasteiger partial charge in [0, 0.05) is 18.0 Å². The van der Waals surface area contributed by atoms with Crippen LogP contribution in [0.2, 0.25) is 0 Å². The van der Waals surface area contributed by atoms with Crippen LogP contribution in [0.25, 0.3) is 0 Å². The molecule has 1 heterocycles. The maximum absolute atomic E-state index is 13.1. The largest absolute Gasteiger partial charge is 0.353 e. The number of anilines is 2.